The van der Waals surface area contributed by atoms with E-state index in [1.807, 2.05) is 0 Å². The van der Waals surface area contributed by atoms with E-state index < -0.39 is 61.6 Å². The largest absolute Gasteiger partial charge is 0.401 e. The van der Waals surface area contributed by atoms with Crippen LogP contribution in [0, 0.1) is 5.82 Å². The molecular weight excluding hydrogens is 422 g/mol. The SMILES string of the molecule is NC[C@H](C(=O)Nc1ccc(N2CCOCC2=O)cc1F)N(CC(F)F)CC(F)(F)F. The Kier molecular flexibility index (Phi) is 8.03. The summed E-state index contributed by atoms with van der Waals surface area (Å²) in [5.74, 6) is -2.53. The predicted octanol–water partition coefficient (Wildman–Crippen LogP) is 1.58. The Morgan fingerprint density at radius 2 is 2.03 bits per heavy atom. The molecule has 13 heteroatoms. The van der Waals surface area contributed by atoms with Crippen molar-refractivity contribution >= 4 is 23.2 Å². The predicted molar refractivity (Wildman–Crippen MR) is 94.7 cm³/mol. The lowest BCUT2D eigenvalue weighted by atomic mass is 10.2. The van der Waals surface area contributed by atoms with Crippen LogP contribution in [0.3, 0.4) is 0 Å². The van der Waals surface area contributed by atoms with Crippen molar-refractivity contribution in [2.24, 2.45) is 5.73 Å². The number of hydrogen-bond acceptors (Lipinski definition) is 5. The lowest BCUT2D eigenvalue weighted by molar-refractivity contribution is -0.157. The number of rotatable bonds is 8. The highest BCUT2D eigenvalue weighted by Gasteiger charge is 2.37. The summed E-state index contributed by atoms with van der Waals surface area (Å²) in [5.41, 5.74) is 5.14. The number of nitrogens with two attached hydrogens (primary N) is 1. The van der Waals surface area contributed by atoms with E-state index in [1.165, 1.54) is 11.0 Å². The number of ether oxygens (including phenoxy) is 1. The van der Waals surface area contributed by atoms with Crippen LogP contribution in [0.1, 0.15) is 0 Å². The third-order valence-corrected chi connectivity index (χ3v) is 4.23. The van der Waals surface area contributed by atoms with E-state index in [9.17, 15) is 35.9 Å². The van der Waals surface area contributed by atoms with Gasteiger partial charge >= 0.3 is 6.18 Å². The van der Waals surface area contributed by atoms with Crippen molar-refractivity contribution in [3.63, 3.8) is 0 Å². The van der Waals surface area contributed by atoms with Gasteiger partial charge in [-0.05, 0) is 18.2 Å². The van der Waals surface area contributed by atoms with Gasteiger partial charge in [0.1, 0.15) is 18.5 Å². The van der Waals surface area contributed by atoms with Crippen LogP contribution in [0.4, 0.5) is 37.7 Å². The van der Waals surface area contributed by atoms with Gasteiger partial charge in [-0.15, -0.1) is 0 Å². The third kappa shape index (κ3) is 6.57. The van der Waals surface area contributed by atoms with Gasteiger partial charge in [0.15, 0.2) is 0 Å². The van der Waals surface area contributed by atoms with Gasteiger partial charge in [-0.3, -0.25) is 14.5 Å². The average Bonchev–Trinajstić information content (AvgIpc) is 2.62. The number of carbonyl (C=O) groups excluding carboxylic acids is 2. The van der Waals surface area contributed by atoms with E-state index in [2.05, 4.69) is 5.32 Å². The fraction of sp³-hybridized carbons (Fsp3) is 0.529. The quantitative estimate of drug-likeness (QED) is 0.597. The Labute approximate surface area is 167 Å². The maximum Gasteiger partial charge on any atom is 0.401 e. The van der Waals surface area contributed by atoms with Gasteiger partial charge in [-0.2, -0.15) is 13.2 Å². The first kappa shape index (κ1) is 23.9. The summed E-state index contributed by atoms with van der Waals surface area (Å²) in [6.45, 7) is -3.54. The Morgan fingerprint density at radius 3 is 2.57 bits per heavy atom. The van der Waals surface area contributed by atoms with E-state index in [1.54, 1.807) is 0 Å². The minimum Gasteiger partial charge on any atom is -0.370 e. The van der Waals surface area contributed by atoms with Crippen molar-refractivity contribution in [1.29, 1.82) is 0 Å². The number of nitrogens with one attached hydrogen (secondary N) is 1. The van der Waals surface area contributed by atoms with Crippen molar-refractivity contribution < 1.29 is 40.7 Å². The number of anilines is 2. The van der Waals surface area contributed by atoms with Gasteiger partial charge in [0.2, 0.25) is 5.91 Å². The van der Waals surface area contributed by atoms with E-state index >= 15 is 0 Å². The Bertz CT molecular complexity index is 761. The fourth-order valence-electron chi connectivity index (χ4n) is 2.91. The Balaban J connectivity index is 2.16. The highest BCUT2D eigenvalue weighted by molar-refractivity contribution is 5.97. The molecule has 3 N–H and O–H groups in total. The lowest BCUT2D eigenvalue weighted by Crippen LogP contribution is -2.53. The number of hydrogen-bond donors (Lipinski definition) is 2. The molecule has 168 valence electrons. The number of halogens is 6. The first-order valence-corrected chi connectivity index (χ1v) is 8.79. The molecule has 0 unspecified atom stereocenters. The molecule has 1 aliphatic heterocycles. The zero-order chi connectivity index (χ0) is 22.5. The number of morpholine rings is 1. The summed E-state index contributed by atoms with van der Waals surface area (Å²) in [6.07, 6.45) is -7.99. The first-order chi connectivity index (χ1) is 14.0. The topological polar surface area (TPSA) is 87.9 Å². The second-order valence-corrected chi connectivity index (χ2v) is 6.44. The van der Waals surface area contributed by atoms with Crippen LogP contribution in [0.5, 0.6) is 0 Å². The normalized spacial score (nSPS) is 16.3. The van der Waals surface area contributed by atoms with Crippen molar-refractivity contribution in [3.05, 3.63) is 24.0 Å². The molecule has 0 spiro atoms. The zero-order valence-electron chi connectivity index (χ0n) is 15.6. The molecule has 1 saturated heterocycles. The number of carbonyl (C=O) groups is 2. The number of benzene rings is 1. The molecule has 2 rings (SSSR count). The van der Waals surface area contributed by atoms with E-state index in [0.717, 1.165) is 12.1 Å². The molecule has 0 aliphatic carbocycles. The number of amides is 2. The van der Waals surface area contributed by atoms with Gasteiger partial charge in [0, 0.05) is 18.8 Å². The molecule has 1 aliphatic rings. The second kappa shape index (κ2) is 10.1. The van der Waals surface area contributed by atoms with Crippen LogP contribution in [0.25, 0.3) is 0 Å². The van der Waals surface area contributed by atoms with Crippen molar-refractivity contribution in [3.8, 4) is 0 Å². The molecule has 0 bridgehead atoms. The third-order valence-electron chi connectivity index (χ3n) is 4.23. The molecule has 1 heterocycles. The molecule has 0 saturated carbocycles. The molecule has 1 aromatic carbocycles. The minimum absolute atomic E-state index is 0.169. The molecule has 2 amide bonds. The van der Waals surface area contributed by atoms with Crippen molar-refractivity contribution in [2.75, 3.05) is 49.6 Å². The zero-order valence-corrected chi connectivity index (χ0v) is 15.6. The smallest absolute Gasteiger partial charge is 0.370 e. The van der Waals surface area contributed by atoms with Gasteiger partial charge < -0.3 is 20.7 Å². The molecule has 1 aromatic rings. The van der Waals surface area contributed by atoms with Gasteiger partial charge in [-0.1, -0.05) is 0 Å². The van der Waals surface area contributed by atoms with E-state index in [4.69, 9.17) is 10.5 Å². The van der Waals surface area contributed by atoms with E-state index in [-0.39, 0.29) is 30.3 Å². The summed E-state index contributed by atoms with van der Waals surface area (Å²) in [5, 5.41) is 2.07. The fourth-order valence-corrected chi connectivity index (χ4v) is 2.91. The van der Waals surface area contributed by atoms with Crippen LogP contribution in [0.15, 0.2) is 18.2 Å². The maximum atomic E-state index is 14.4. The first-order valence-electron chi connectivity index (χ1n) is 8.79. The number of nitrogens with zero attached hydrogens (tertiary/aromatic N) is 2. The second-order valence-electron chi connectivity index (χ2n) is 6.44. The lowest BCUT2D eigenvalue weighted by Gasteiger charge is -2.30. The molecule has 0 aromatic heterocycles. The van der Waals surface area contributed by atoms with Crippen LogP contribution in [-0.4, -0.2) is 74.8 Å². The summed E-state index contributed by atoms with van der Waals surface area (Å²) < 4.78 is 82.8. The summed E-state index contributed by atoms with van der Waals surface area (Å²) >= 11 is 0. The highest BCUT2D eigenvalue weighted by Crippen LogP contribution is 2.24. The van der Waals surface area contributed by atoms with Crippen molar-refractivity contribution in [2.45, 2.75) is 18.6 Å². The maximum absolute atomic E-state index is 14.4. The summed E-state index contributed by atoms with van der Waals surface area (Å²) in [4.78, 5) is 25.6. The van der Waals surface area contributed by atoms with Gasteiger partial charge in [0.25, 0.3) is 12.3 Å². The molecule has 7 nitrogen and oxygen atoms in total. The molecular formula is C17H20F6N4O3. The Hall–Kier alpha value is -2.38. The molecule has 1 atom stereocenters. The highest BCUT2D eigenvalue weighted by atomic mass is 19.4. The molecule has 1 fully saturated rings. The average molecular weight is 442 g/mol. The number of alkyl halides is 5. The standard InChI is InChI=1S/C17H20F6N4O3/c18-11-5-10(27-3-4-30-8-15(27)28)1-2-12(11)25-16(29)13(6-24)26(7-14(19)20)9-17(21,22)23/h1-2,5,13-14H,3-4,6-9,24H2,(H,25,29)/t13-/m1/s1. The van der Waals surface area contributed by atoms with Gasteiger partial charge in [0.05, 0.1) is 25.4 Å². The van der Waals surface area contributed by atoms with E-state index in [0.29, 0.717) is 0 Å². The van der Waals surface area contributed by atoms with Crippen LogP contribution < -0.4 is 16.0 Å². The summed E-state index contributed by atoms with van der Waals surface area (Å²) in [7, 11) is 0. The molecule has 0 radical (unpaired) electrons. The Morgan fingerprint density at radius 1 is 1.33 bits per heavy atom. The van der Waals surface area contributed by atoms with Crippen LogP contribution >= 0.6 is 0 Å². The monoisotopic (exact) mass is 442 g/mol. The van der Waals surface area contributed by atoms with Gasteiger partial charge in [-0.25, -0.2) is 13.2 Å². The minimum atomic E-state index is -4.85. The van der Waals surface area contributed by atoms with Crippen molar-refractivity contribution in [1.82, 2.24) is 4.90 Å². The van der Waals surface area contributed by atoms with Crippen LogP contribution in [0.2, 0.25) is 0 Å². The molecule has 30 heavy (non-hydrogen) atoms. The van der Waals surface area contributed by atoms with Crippen LogP contribution in [-0.2, 0) is 14.3 Å². The summed E-state index contributed by atoms with van der Waals surface area (Å²) in [6, 6.07) is 1.63.